The van der Waals surface area contributed by atoms with Crippen molar-refractivity contribution in [3.63, 3.8) is 0 Å². The van der Waals surface area contributed by atoms with E-state index in [1.54, 1.807) is 12.3 Å². The van der Waals surface area contributed by atoms with Crippen LogP contribution in [0.1, 0.15) is 17.5 Å². The summed E-state index contributed by atoms with van der Waals surface area (Å²) in [5, 5.41) is 16.4. The maximum Gasteiger partial charge on any atom is 0.0991 e. The summed E-state index contributed by atoms with van der Waals surface area (Å²) in [5.74, 6) is 0. The molecule has 1 aliphatic rings. The molecular weight excluding hydrogens is 162 g/mol. The molecule has 0 saturated heterocycles. The zero-order valence-electron chi connectivity index (χ0n) is 6.94. The van der Waals surface area contributed by atoms with Crippen LogP contribution in [-0.2, 0) is 0 Å². The predicted octanol–water partition coefficient (Wildman–Crippen LogP) is 1.74. The molecule has 0 bridgehead atoms. The van der Waals surface area contributed by atoms with Crippen molar-refractivity contribution in [3.05, 3.63) is 35.4 Å². The predicted molar refractivity (Wildman–Crippen MR) is 50.8 cm³/mol. The fourth-order valence-electron chi connectivity index (χ4n) is 1.22. The van der Waals surface area contributed by atoms with Gasteiger partial charge in [0.1, 0.15) is 0 Å². The van der Waals surface area contributed by atoms with Crippen LogP contribution >= 0.6 is 0 Å². The van der Waals surface area contributed by atoms with Crippen molar-refractivity contribution in [1.29, 1.82) is 5.26 Å². The van der Waals surface area contributed by atoms with E-state index in [2.05, 4.69) is 16.3 Å². The van der Waals surface area contributed by atoms with Crippen LogP contribution in [0.2, 0.25) is 0 Å². The molecule has 1 aliphatic heterocycles. The second kappa shape index (κ2) is 3.20. The number of rotatable bonds is 1. The smallest absolute Gasteiger partial charge is 0.0991 e. The Morgan fingerprint density at radius 2 is 2.31 bits per heavy atom. The molecule has 0 atom stereocenters. The van der Waals surface area contributed by atoms with Gasteiger partial charge in [0.25, 0.3) is 0 Å². The molecule has 0 amide bonds. The van der Waals surface area contributed by atoms with E-state index in [9.17, 15) is 0 Å². The summed E-state index contributed by atoms with van der Waals surface area (Å²) in [6.45, 7) is 0. The molecule has 0 spiro atoms. The van der Waals surface area contributed by atoms with Crippen LogP contribution in [0, 0.1) is 11.3 Å². The van der Waals surface area contributed by atoms with Gasteiger partial charge in [-0.1, -0.05) is 12.1 Å². The first-order valence-electron chi connectivity index (χ1n) is 3.99. The highest BCUT2D eigenvalue weighted by Crippen LogP contribution is 2.10. The molecular formula is C10H7N3. The molecule has 0 aliphatic carbocycles. The van der Waals surface area contributed by atoms with Crippen LogP contribution in [0.15, 0.2) is 34.5 Å². The second-order valence-electron chi connectivity index (χ2n) is 2.74. The van der Waals surface area contributed by atoms with Gasteiger partial charge in [-0.25, -0.2) is 0 Å². The highest BCUT2D eigenvalue weighted by molar-refractivity contribution is 6.09. The number of hydrogen-bond acceptors (Lipinski definition) is 3. The van der Waals surface area contributed by atoms with Gasteiger partial charge in [0, 0.05) is 12.6 Å². The summed E-state index contributed by atoms with van der Waals surface area (Å²) in [6.07, 6.45) is 2.52. The summed E-state index contributed by atoms with van der Waals surface area (Å²) in [4.78, 5) is 0. The molecule has 62 valence electrons. The van der Waals surface area contributed by atoms with Gasteiger partial charge in [-0.05, 0) is 17.7 Å². The fraction of sp³-hybridized carbons (Fsp3) is 0.100. The van der Waals surface area contributed by atoms with E-state index in [4.69, 9.17) is 5.26 Å². The first-order valence-corrected chi connectivity index (χ1v) is 3.99. The summed E-state index contributed by atoms with van der Waals surface area (Å²) in [6, 6.07) is 9.49. The molecule has 13 heavy (non-hydrogen) atoms. The summed E-state index contributed by atoms with van der Waals surface area (Å²) in [5.41, 5.74) is 2.57. The molecule has 2 rings (SSSR count). The SMILES string of the molecule is N#Cc1cccc(C2=NN=CC2)c1. The quantitative estimate of drug-likeness (QED) is 0.631. The van der Waals surface area contributed by atoms with E-state index in [0.717, 1.165) is 17.7 Å². The first-order chi connectivity index (χ1) is 6.40. The highest BCUT2D eigenvalue weighted by atomic mass is 15.2. The molecule has 0 N–H and O–H groups in total. The van der Waals surface area contributed by atoms with Gasteiger partial charge in [-0.3, -0.25) is 0 Å². The molecule has 1 aromatic carbocycles. The van der Waals surface area contributed by atoms with Crippen molar-refractivity contribution in [2.75, 3.05) is 0 Å². The Bertz CT molecular complexity index is 424. The van der Waals surface area contributed by atoms with Crippen LogP contribution in [-0.4, -0.2) is 11.9 Å². The number of nitriles is 1. The van der Waals surface area contributed by atoms with Crippen LogP contribution in [0.3, 0.4) is 0 Å². The molecule has 0 saturated carbocycles. The summed E-state index contributed by atoms with van der Waals surface area (Å²) in [7, 11) is 0. The van der Waals surface area contributed by atoms with Gasteiger partial charge in [-0.2, -0.15) is 15.5 Å². The lowest BCUT2D eigenvalue weighted by atomic mass is 10.1. The Kier molecular flexibility index (Phi) is 1.89. The average Bonchev–Trinajstić information content (AvgIpc) is 2.71. The van der Waals surface area contributed by atoms with Crippen molar-refractivity contribution in [2.45, 2.75) is 6.42 Å². The Morgan fingerprint density at radius 1 is 1.38 bits per heavy atom. The van der Waals surface area contributed by atoms with E-state index in [-0.39, 0.29) is 0 Å². The van der Waals surface area contributed by atoms with Gasteiger partial charge in [0.15, 0.2) is 0 Å². The van der Waals surface area contributed by atoms with E-state index >= 15 is 0 Å². The fourth-order valence-corrected chi connectivity index (χ4v) is 1.22. The zero-order valence-corrected chi connectivity index (χ0v) is 6.94. The molecule has 1 heterocycles. The zero-order chi connectivity index (χ0) is 9.10. The lowest BCUT2D eigenvalue weighted by molar-refractivity contribution is 1.28. The Hall–Kier alpha value is -1.95. The molecule has 3 nitrogen and oxygen atoms in total. The van der Waals surface area contributed by atoms with Crippen molar-refractivity contribution >= 4 is 11.9 Å². The Morgan fingerprint density at radius 3 is 3.00 bits per heavy atom. The Balaban J connectivity index is 2.37. The van der Waals surface area contributed by atoms with Crippen LogP contribution in [0.4, 0.5) is 0 Å². The third kappa shape index (κ3) is 1.47. The largest absolute Gasteiger partial charge is 0.192 e. The average molecular weight is 169 g/mol. The Labute approximate surface area is 76.0 Å². The number of nitrogens with zero attached hydrogens (tertiary/aromatic N) is 3. The van der Waals surface area contributed by atoms with E-state index < -0.39 is 0 Å². The van der Waals surface area contributed by atoms with E-state index in [1.807, 2.05) is 18.2 Å². The first kappa shape index (κ1) is 7.69. The van der Waals surface area contributed by atoms with Crippen molar-refractivity contribution < 1.29 is 0 Å². The maximum absolute atomic E-state index is 8.68. The van der Waals surface area contributed by atoms with E-state index in [0.29, 0.717) is 5.56 Å². The number of benzene rings is 1. The number of hydrogen-bond donors (Lipinski definition) is 0. The van der Waals surface area contributed by atoms with Crippen molar-refractivity contribution in [1.82, 2.24) is 0 Å². The molecule has 0 radical (unpaired) electrons. The standard InChI is InChI=1S/C10H7N3/c11-7-8-2-1-3-9(6-8)10-4-5-12-13-10/h1-3,5-6H,4H2. The van der Waals surface area contributed by atoms with Gasteiger partial charge in [0.05, 0.1) is 17.3 Å². The summed E-state index contributed by atoms with van der Waals surface area (Å²) < 4.78 is 0. The van der Waals surface area contributed by atoms with Crippen LogP contribution in [0.5, 0.6) is 0 Å². The summed E-state index contributed by atoms with van der Waals surface area (Å²) >= 11 is 0. The molecule has 1 aromatic rings. The van der Waals surface area contributed by atoms with Crippen LogP contribution in [0.25, 0.3) is 0 Å². The van der Waals surface area contributed by atoms with Gasteiger partial charge < -0.3 is 0 Å². The minimum atomic E-state index is 0.659. The lowest BCUT2D eigenvalue weighted by Crippen LogP contribution is -1.97. The monoisotopic (exact) mass is 169 g/mol. The van der Waals surface area contributed by atoms with Gasteiger partial charge in [0.2, 0.25) is 0 Å². The highest BCUT2D eigenvalue weighted by Gasteiger charge is 2.06. The second-order valence-corrected chi connectivity index (χ2v) is 2.74. The van der Waals surface area contributed by atoms with Crippen molar-refractivity contribution in [2.24, 2.45) is 10.2 Å². The van der Waals surface area contributed by atoms with Crippen molar-refractivity contribution in [3.8, 4) is 6.07 Å². The minimum absolute atomic E-state index is 0.659. The van der Waals surface area contributed by atoms with E-state index in [1.165, 1.54) is 0 Å². The van der Waals surface area contributed by atoms with Gasteiger partial charge in [-0.15, -0.1) is 0 Å². The lowest BCUT2D eigenvalue weighted by Gasteiger charge is -1.98. The molecule has 0 fully saturated rings. The normalized spacial score (nSPS) is 13.9. The molecule has 0 unspecified atom stereocenters. The molecule has 3 heteroatoms. The minimum Gasteiger partial charge on any atom is -0.192 e. The van der Waals surface area contributed by atoms with Gasteiger partial charge >= 0.3 is 0 Å². The van der Waals surface area contributed by atoms with Crippen LogP contribution < -0.4 is 0 Å². The third-order valence-electron chi connectivity index (χ3n) is 1.87. The third-order valence-corrected chi connectivity index (χ3v) is 1.87. The maximum atomic E-state index is 8.68. The topological polar surface area (TPSA) is 48.5 Å². The molecule has 0 aromatic heterocycles.